The van der Waals surface area contributed by atoms with Gasteiger partial charge in [0.2, 0.25) is 0 Å². The number of ether oxygens (including phenoxy) is 2. The average molecular weight is 152 g/mol. The van der Waals surface area contributed by atoms with Crippen molar-refractivity contribution in [2.24, 2.45) is 11.8 Å². The van der Waals surface area contributed by atoms with Crippen LogP contribution in [0.3, 0.4) is 0 Å². The largest absolute Gasteiger partial charge is 0.347 e. The van der Waals surface area contributed by atoms with E-state index in [4.69, 9.17) is 9.47 Å². The van der Waals surface area contributed by atoms with Crippen molar-refractivity contribution in [1.82, 2.24) is 0 Å². The van der Waals surface area contributed by atoms with E-state index in [1.807, 2.05) is 0 Å². The van der Waals surface area contributed by atoms with Gasteiger partial charge in [0.15, 0.2) is 5.79 Å². The van der Waals surface area contributed by atoms with E-state index in [-0.39, 0.29) is 5.79 Å². The lowest BCUT2D eigenvalue weighted by atomic mass is 9.70. The molecule has 2 heteroatoms. The summed E-state index contributed by atoms with van der Waals surface area (Å²) >= 11 is 0. The quantitative estimate of drug-likeness (QED) is 0.487. The molecule has 1 saturated carbocycles. The fraction of sp³-hybridized carbons (Fsp3) is 0.778. The monoisotopic (exact) mass is 152 g/mol. The van der Waals surface area contributed by atoms with Gasteiger partial charge >= 0.3 is 0 Å². The van der Waals surface area contributed by atoms with Gasteiger partial charge in [-0.15, -0.1) is 0 Å². The Labute approximate surface area is 66.2 Å². The molecule has 1 spiro atoms. The molecule has 0 aromatic carbocycles. The van der Waals surface area contributed by atoms with Crippen molar-refractivity contribution in [3.05, 3.63) is 12.2 Å². The Bertz CT molecular complexity index is 204. The molecule has 0 aromatic rings. The zero-order valence-corrected chi connectivity index (χ0v) is 6.45. The Morgan fingerprint density at radius 3 is 2.82 bits per heavy atom. The van der Waals surface area contributed by atoms with Crippen molar-refractivity contribution < 1.29 is 9.47 Å². The molecule has 2 unspecified atom stereocenters. The molecule has 0 amide bonds. The number of rotatable bonds is 0. The maximum absolute atomic E-state index is 5.63. The molecule has 3 rings (SSSR count). The number of fused-ring (bicyclic) bond motifs is 2. The van der Waals surface area contributed by atoms with Gasteiger partial charge in [0, 0.05) is 12.3 Å². The summed E-state index contributed by atoms with van der Waals surface area (Å²) in [5.74, 6) is 1.26. The molecule has 60 valence electrons. The summed E-state index contributed by atoms with van der Waals surface area (Å²) in [6, 6.07) is 0. The molecule has 2 fully saturated rings. The maximum Gasteiger partial charge on any atom is 0.172 e. The molecule has 0 bridgehead atoms. The lowest BCUT2D eigenvalue weighted by molar-refractivity contribution is -0.262. The number of hydrogen-bond donors (Lipinski definition) is 0. The minimum absolute atomic E-state index is 0.145. The van der Waals surface area contributed by atoms with Gasteiger partial charge in [-0.3, -0.25) is 0 Å². The van der Waals surface area contributed by atoms with Crippen LogP contribution in [-0.4, -0.2) is 19.0 Å². The standard InChI is InChI=1S/C9H12O2/c1-2-7-6-9(8(7)3-1)10-4-5-11-9/h1-2,7-8H,3-6H2. The summed E-state index contributed by atoms with van der Waals surface area (Å²) in [6.45, 7) is 1.59. The van der Waals surface area contributed by atoms with Gasteiger partial charge in [0.05, 0.1) is 13.2 Å². The van der Waals surface area contributed by atoms with E-state index in [2.05, 4.69) is 12.2 Å². The van der Waals surface area contributed by atoms with Crippen LogP contribution in [0.1, 0.15) is 12.8 Å². The highest BCUT2D eigenvalue weighted by Crippen LogP contribution is 2.54. The van der Waals surface area contributed by atoms with Gasteiger partial charge in [-0.05, 0) is 12.3 Å². The minimum atomic E-state index is -0.145. The van der Waals surface area contributed by atoms with Gasteiger partial charge in [0.1, 0.15) is 0 Å². The van der Waals surface area contributed by atoms with E-state index in [0.29, 0.717) is 5.92 Å². The smallest absolute Gasteiger partial charge is 0.172 e. The first-order chi connectivity index (χ1) is 5.41. The third-order valence-electron chi connectivity index (χ3n) is 3.15. The fourth-order valence-corrected chi connectivity index (χ4v) is 2.55. The van der Waals surface area contributed by atoms with Crippen LogP contribution in [0.15, 0.2) is 12.2 Å². The summed E-state index contributed by atoms with van der Waals surface area (Å²) < 4.78 is 11.3. The van der Waals surface area contributed by atoms with Crippen LogP contribution in [0, 0.1) is 11.8 Å². The zero-order chi connectivity index (χ0) is 7.31. The SMILES string of the molecule is C1=CC2CC3(OCCO3)C2C1. The van der Waals surface area contributed by atoms with E-state index in [1.165, 1.54) is 0 Å². The molecule has 2 atom stereocenters. The average Bonchev–Trinajstić information content (AvgIpc) is 2.52. The van der Waals surface area contributed by atoms with Crippen molar-refractivity contribution in [3.63, 3.8) is 0 Å². The highest BCUT2D eigenvalue weighted by molar-refractivity contribution is 5.14. The first kappa shape index (κ1) is 6.21. The molecule has 1 aliphatic heterocycles. The molecule has 2 nitrogen and oxygen atoms in total. The molecule has 0 radical (unpaired) electrons. The number of hydrogen-bond acceptors (Lipinski definition) is 2. The van der Waals surface area contributed by atoms with Crippen molar-refractivity contribution in [2.45, 2.75) is 18.6 Å². The van der Waals surface area contributed by atoms with Crippen molar-refractivity contribution in [1.29, 1.82) is 0 Å². The Kier molecular flexibility index (Phi) is 1.06. The fourth-order valence-electron chi connectivity index (χ4n) is 2.55. The molecular weight excluding hydrogens is 140 g/mol. The molecule has 2 aliphatic carbocycles. The molecule has 1 heterocycles. The minimum Gasteiger partial charge on any atom is -0.347 e. The second-order valence-corrected chi connectivity index (χ2v) is 3.65. The van der Waals surface area contributed by atoms with Crippen LogP contribution in [0.5, 0.6) is 0 Å². The molecule has 0 aromatic heterocycles. The summed E-state index contributed by atoms with van der Waals surface area (Å²) in [6.07, 6.45) is 6.81. The highest BCUT2D eigenvalue weighted by atomic mass is 16.7. The van der Waals surface area contributed by atoms with E-state index in [9.17, 15) is 0 Å². The van der Waals surface area contributed by atoms with Gasteiger partial charge in [0.25, 0.3) is 0 Å². The first-order valence-electron chi connectivity index (χ1n) is 4.35. The van der Waals surface area contributed by atoms with Gasteiger partial charge in [-0.25, -0.2) is 0 Å². The van der Waals surface area contributed by atoms with Gasteiger partial charge in [-0.2, -0.15) is 0 Å². The third-order valence-corrected chi connectivity index (χ3v) is 3.15. The number of allylic oxidation sites excluding steroid dienone is 2. The van der Waals surface area contributed by atoms with Crippen LogP contribution in [-0.2, 0) is 9.47 Å². The maximum atomic E-state index is 5.63. The normalized spacial score (nSPS) is 44.4. The molecule has 0 N–H and O–H groups in total. The Hall–Kier alpha value is -0.340. The Morgan fingerprint density at radius 1 is 1.27 bits per heavy atom. The summed E-state index contributed by atoms with van der Waals surface area (Å²) in [7, 11) is 0. The molecule has 11 heavy (non-hydrogen) atoms. The second kappa shape index (κ2) is 1.87. The third kappa shape index (κ3) is 0.644. The van der Waals surface area contributed by atoms with Crippen LogP contribution in [0.25, 0.3) is 0 Å². The molecule has 3 aliphatic rings. The lowest BCUT2D eigenvalue weighted by Crippen LogP contribution is -2.52. The topological polar surface area (TPSA) is 18.5 Å². The lowest BCUT2D eigenvalue weighted by Gasteiger charge is -2.47. The first-order valence-corrected chi connectivity index (χ1v) is 4.35. The van der Waals surface area contributed by atoms with Gasteiger partial charge in [-0.1, -0.05) is 12.2 Å². The predicted octanol–water partition coefficient (Wildman–Crippen LogP) is 1.33. The second-order valence-electron chi connectivity index (χ2n) is 3.65. The predicted molar refractivity (Wildman–Crippen MR) is 40.0 cm³/mol. The van der Waals surface area contributed by atoms with Crippen molar-refractivity contribution in [3.8, 4) is 0 Å². The van der Waals surface area contributed by atoms with E-state index in [0.717, 1.165) is 32.0 Å². The Balaban J connectivity index is 1.83. The summed E-state index contributed by atoms with van der Waals surface area (Å²) in [5.41, 5.74) is 0. The Morgan fingerprint density at radius 2 is 2.09 bits per heavy atom. The van der Waals surface area contributed by atoms with Crippen molar-refractivity contribution >= 4 is 0 Å². The van der Waals surface area contributed by atoms with Crippen LogP contribution in [0.2, 0.25) is 0 Å². The van der Waals surface area contributed by atoms with Crippen LogP contribution in [0.4, 0.5) is 0 Å². The summed E-state index contributed by atoms with van der Waals surface area (Å²) in [5, 5.41) is 0. The highest BCUT2D eigenvalue weighted by Gasteiger charge is 2.57. The van der Waals surface area contributed by atoms with E-state index < -0.39 is 0 Å². The molecule has 1 saturated heterocycles. The van der Waals surface area contributed by atoms with Crippen LogP contribution >= 0.6 is 0 Å². The summed E-state index contributed by atoms with van der Waals surface area (Å²) in [4.78, 5) is 0. The zero-order valence-electron chi connectivity index (χ0n) is 6.45. The molecular formula is C9H12O2. The van der Waals surface area contributed by atoms with E-state index in [1.54, 1.807) is 0 Å². The van der Waals surface area contributed by atoms with Gasteiger partial charge < -0.3 is 9.47 Å². The van der Waals surface area contributed by atoms with Crippen LogP contribution < -0.4 is 0 Å². The van der Waals surface area contributed by atoms with E-state index >= 15 is 0 Å². The van der Waals surface area contributed by atoms with Crippen molar-refractivity contribution in [2.75, 3.05) is 13.2 Å².